The molecule has 0 aliphatic carbocycles. The van der Waals surface area contributed by atoms with Crippen molar-refractivity contribution in [2.75, 3.05) is 19.7 Å². The highest BCUT2D eigenvalue weighted by molar-refractivity contribution is 5.83. The van der Waals surface area contributed by atoms with E-state index in [0.29, 0.717) is 18.9 Å². The Labute approximate surface area is 116 Å². The van der Waals surface area contributed by atoms with E-state index in [-0.39, 0.29) is 30.0 Å². The van der Waals surface area contributed by atoms with Gasteiger partial charge in [0.05, 0.1) is 5.60 Å². The van der Waals surface area contributed by atoms with Crippen molar-refractivity contribution in [1.29, 1.82) is 0 Å². The highest BCUT2D eigenvalue weighted by atomic mass is 16.5. The molecule has 0 N–H and O–H groups in total. The summed E-state index contributed by atoms with van der Waals surface area (Å²) in [5, 5.41) is 0. The number of rotatable bonds is 4. The fraction of sp³-hybridized carbons (Fsp3) is 0.867. The van der Waals surface area contributed by atoms with E-state index < -0.39 is 0 Å². The van der Waals surface area contributed by atoms with Gasteiger partial charge in [0.15, 0.2) is 0 Å². The van der Waals surface area contributed by atoms with Gasteiger partial charge in [-0.2, -0.15) is 0 Å². The number of carbonyl (C=O) groups excluding carboxylic acids is 2. The van der Waals surface area contributed by atoms with Crippen LogP contribution in [0.4, 0.5) is 0 Å². The monoisotopic (exact) mass is 269 g/mol. The van der Waals surface area contributed by atoms with Gasteiger partial charge in [0.2, 0.25) is 5.91 Å². The molecule has 0 spiro atoms. The number of hydrogen-bond donors (Lipinski definition) is 0. The number of amides is 1. The predicted octanol–water partition coefficient (Wildman–Crippen LogP) is 2.27. The Morgan fingerprint density at radius 1 is 1.21 bits per heavy atom. The van der Waals surface area contributed by atoms with E-state index in [9.17, 15) is 9.59 Å². The minimum atomic E-state index is -0.290. The second kappa shape index (κ2) is 6.51. The number of nitrogens with zero attached hydrogens (tertiary/aromatic N) is 1. The first kappa shape index (κ1) is 16.2. The van der Waals surface area contributed by atoms with E-state index in [0.717, 1.165) is 12.8 Å². The second-order valence-electron chi connectivity index (χ2n) is 6.61. The first-order chi connectivity index (χ1) is 8.70. The molecular formula is C15H27NO3. The fourth-order valence-corrected chi connectivity index (χ4v) is 2.25. The van der Waals surface area contributed by atoms with Gasteiger partial charge in [0.25, 0.3) is 0 Å². The molecule has 4 heteroatoms. The lowest BCUT2D eigenvalue weighted by molar-refractivity contribution is -0.143. The molecule has 0 unspecified atom stereocenters. The van der Waals surface area contributed by atoms with Crippen LogP contribution in [-0.4, -0.2) is 41.9 Å². The van der Waals surface area contributed by atoms with Crippen molar-refractivity contribution in [3.63, 3.8) is 0 Å². The van der Waals surface area contributed by atoms with Crippen LogP contribution in [0.5, 0.6) is 0 Å². The minimum absolute atomic E-state index is 0.0328. The molecule has 1 aliphatic rings. The summed E-state index contributed by atoms with van der Waals surface area (Å²) < 4.78 is 5.50. The predicted molar refractivity (Wildman–Crippen MR) is 74.9 cm³/mol. The van der Waals surface area contributed by atoms with Crippen LogP contribution in [0, 0.1) is 11.8 Å². The normalized spacial score (nSPS) is 17.9. The van der Waals surface area contributed by atoms with Crippen LogP contribution in [0.25, 0.3) is 0 Å². The summed E-state index contributed by atoms with van der Waals surface area (Å²) in [5.74, 6) is 0.590. The van der Waals surface area contributed by atoms with Crippen molar-refractivity contribution in [3.05, 3.63) is 0 Å². The third-order valence-electron chi connectivity index (χ3n) is 3.45. The van der Waals surface area contributed by atoms with E-state index in [1.807, 2.05) is 39.5 Å². The Balaban J connectivity index is 2.37. The third-order valence-corrected chi connectivity index (χ3v) is 3.45. The quantitative estimate of drug-likeness (QED) is 0.786. The molecule has 4 nitrogen and oxygen atoms in total. The van der Waals surface area contributed by atoms with E-state index in [1.54, 1.807) is 0 Å². The first-order valence-electron chi connectivity index (χ1n) is 7.16. The first-order valence-corrected chi connectivity index (χ1v) is 7.16. The van der Waals surface area contributed by atoms with Crippen LogP contribution in [0.2, 0.25) is 0 Å². The van der Waals surface area contributed by atoms with Crippen molar-refractivity contribution < 1.29 is 14.3 Å². The molecule has 1 amide bonds. The Morgan fingerprint density at radius 2 is 1.74 bits per heavy atom. The number of carbonyl (C=O) groups is 2. The van der Waals surface area contributed by atoms with Crippen molar-refractivity contribution in [3.8, 4) is 0 Å². The zero-order chi connectivity index (χ0) is 14.6. The lowest BCUT2D eigenvalue weighted by Crippen LogP contribution is -2.43. The molecule has 0 aromatic carbocycles. The molecule has 0 atom stereocenters. The average molecular weight is 269 g/mol. The van der Waals surface area contributed by atoms with Crippen LogP contribution in [0.3, 0.4) is 0 Å². The van der Waals surface area contributed by atoms with Crippen LogP contribution in [-0.2, 0) is 14.3 Å². The van der Waals surface area contributed by atoms with Crippen LogP contribution < -0.4 is 0 Å². The molecule has 0 bridgehead atoms. The molecule has 0 aromatic rings. The highest BCUT2D eigenvalue weighted by Gasteiger charge is 2.28. The Morgan fingerprint density at radius 3 is 2.16 bits per heavy atom. The van der Waals surface area contributed by atoms with Crippen molar-refractivity contribution in [2.24, 2.45) is 11.8 Å². The van der Waals surface area contributed by atoms with Gasteiger partial charge in [-0.3, -0.25) is 9.59 Å². The fourth-order valence-electron chi connectivity index (χ4n) is 2.25. The van der Waals surface area contributed by atoms with Gasteiger partial charge in [-0.05, 0) is 33.6 Å². The molecule has 0 radical (unpaired) electrons. The van der Waals surface area contributed by atoms with E-state index >= 15 is 0 Å². The van der Waals surface area contributed by atoms with Crippen LogP contribution in [0.1, 0.15) is 47.5 Å². The summed E-state index contributed by atoms with van der Waals surface area (Å²) in [6.45, 7) is 11.2. The summed E-state index contributed by atoms with van der Waals surface area (Å²) in [4.78, 5) is 25.7. The minimum Gasteiger partial charge on any atom is -0.366 e. The molecule has 1 saturated heterocycles. The highest BCUT2D eigenvalue weighted by Crippen LogP contribution is 2.21. The zero-order valence-corrected chi connectivity index (χ0v) is 12.9. The molecule has 1 heterocycles. The summed E-state index contributed by atoms with van der Waals surface area (Å²) in [5.41, 5.74) is -0.290. The van der Waals surface area contributed by atoms with Crippen LogP contribution in [0.15, 0.2) is 0 Å². The summed E-state index contributed by atoms with van der Waals surface area (Å²) in [7, 11) is 0. The van der Waals surface area contributed by atoms with Crippen LogP contribution >= 0.6 is 0 Å². The van der Waals surface area contributed by atoms with Crippen molar-refractivity contribution in [1.82, 2.24) is 4.90 Å². The molecular weight excluding hydrogens is 242 g/mol. The Kier molecular flexibility index (Phi) is 5.53. The van der Waals surface area contributed by atoms with Gasteiger partial charge in [0.1, 0.15) is 12.4 Å². The largest absolute Gasteiger partial charge is 0.366 e. The Bertz CT molecular complexity index is 323. The number of hydrogen-bond acceptors (Lipinski definition) is 3. The number of ketones is 1. The number of Topliss-reactive ketones (excluding diaryl/α,β-unsaturated/α-hetero) is 1. The van der Waals surface area contributed by atoms with Gasteiger partial charge in [-0.25, -0.2) is 0 Å². The maximum Gasteiger partial charge on any atom is 0.248 e. The van der Waals surface area contributed by atoms with Gasteiger partial charge in [-0.15, -0.1) is 0 Å². The third kappa shape index (κ3) is 5.31. The summed E-state index contributed by atoms with van der Waals surface area (Å²) >= 11 is 0. The summed E-state index contributed by atoms with van der Waals surface area (Å²) in [6.07, 6.45) is 1.58. The van der Waals surface area contributed by atoms with Gasteiger partial charge in [-0.1, -0.05) is 13.8 Å². The van der Waals surface area contributed by atoms with Crippen molar-refractivity contribution >= 4 is 11.7 Å². The molecule has 1 rings (SSSR count). The molecule has 1 aliphatic heterocycles. The second-order valence-corrected chi connectivity index (χ2v) is 6.61. The van der Waals surface area contributed by atoms with E-state index in [4.69, 9.17) is 4.74 Å². The van der Waals surface area contributed by atoms with Crippen molar-refractivity contribution in [2.45, 2.75) is 53.1 Å². The SMILES string of the molecule is CC(C)C(=O)C1CCN(C(=O)COC(C)(C)C)CC1. The molecule has 0 saturated carbocycles. The lowest BCUT2D eigenvalue weighted by atomic mass is 9.87. The van der Waals surface area contributed by atoms with E-state index in [2.05, 4.69) is 0 Å². The zero-order valence-electron chi connectivity index (χ0n) is 12.9. The smallest absolute Gasteiger partial charge is 0.248 e. The molecule has 0 aromatic heterocycles. The average Bonchev–Trinajstić information content (AvgIpc) is 2.34. The van der Waals surface area contributed by atoms with E-state index in [1.165, 1.54) is 0 Å². The molecule has 1 fully saturated rings. The summed E-state index contributed by atoms with van der Waals surface area (Å²) in [6, 6.07) is 0. The van der Waals surface area contributed by atoms with Gasteiger partial charge in [0, 0.05) is 24.9 Å². The number of piperidine rings is 1. The molecule has 19 heavy (non-hydrogen) atoms. The molecule has 110 valence electrons. The topological polar surface area (TPSA) is 46.6 Å². The number of ether oxygens (including phenoxy) is 1. The number of likely N-dealkylation sites (tertiary alicyclic amines) is 1. The lowest BCUT2D eigenvalue weighted by Gasteiger charge is -2.32. The maximum atomic E-state index is 12.0. The standard InChI is InChI=1S/C15H27NO3/c1-11(2)14(18)12-6-8-16(9-7-12)13(17)10-19-15(3,4)5/h11-12H,6-10H2,1-5H3. The van der Waals surface area contributed by atoms with Gasteiger partial charge >= 0.3 is 0 Å². The Hall–Kier alpha value is -0.900. The maximum absolute atomic E-state index is 12.0. The van der Waals surface area contributed by atoms with Gasteiger partial charge < -0.3 is 9.64 Å².